The molecule has 1 spiro atoms. The van der Waals surface area contributed by atoms with Crippen molar-refractivity contribution >= 4 is 33.0 Å². The number of nitrogens with zero attached hydrogens (tertiary/aromatic N) is 5. The Balaban J connectivity index is 0.929. The minimum absolute atomic E-state index is 0.624. The third-order valence-electron chi connectivity index (χ3n) is 15.9. The van der Waals surface area contributed by atoms with Crippen molar-refractivity contribution in [2.24, 2.45) is 0 Å². The molecule has 0 amide bonds. The van der Waals surface area contributed by atoms with E-state index in [2.05, 4.69) is 217 Å². The Kier molecular flexibility index (Phi) is 9.45. The molecule has 0 aliphatic heterocycles. The lowest BCUT2D eigenvalue weighted by atomic mass is 9.70. The summed E-state index contributed by atoms with van der Waals surface area (Å²) in [6.45, 7) is 0. The third-order valence-corrected chi connectivity index (χ3v) is 15.9. The molecule has 0 radical (unpaired) electrons. The zero-order valence-electron chi connectivity index (χ0n) is 41.5. The Morgan fingerprint density at radius 2 is 0.779 bits per heavy atom. The van der Waals surface area contributed by atoms with Crippen molar-refractivity contribution in [2.45, 2.75) is 5.41 Å². The number of hydrogen-bond donors (Lipinski definition) is 0. The number of benzene rings is 11. The van der Waals surface area contributed by atoms with E-state index in [1.807, 2.05) is 48.5 Å². The number of imidazole rings is 1. The van der Waals surface area contributed by atoms with E-state index >= 15 is 0 Å². The van der Waals surface area contributed by atoms with Crippen molar-refractivity contribution in [1.82, 2.24) is 24.5 Å². The van der Waals surface area contributed by atoms with Gasteiger partial charge in [0.1, 0.15) is 17.0 Å². The van der Waals surface area contributed by atoms with Crippen LogP contribution in [0.25, 0.3) is 129 Å². The summed E-state index contributed by atoms with van der Waals surface area (Å²) in [5.74, 6) is 2.76. The van der Waals surface area contributed by atoms with Crippen LogP contribution in [0.4, 0.5) is 0 Å². The molecular formula is C71H43N5O. The standard InChI is InChI=1S/C71H43N5O/c1-4-18-44(19-5-1)67-73-68(45-20-6-2-7-21-45)75-69(74-67)48-33-36-56-54-25-11-14-28-60(54)71(62(56)43-48)59-27-13-10-24-53(59)55-35-32-47(42-61(55)71)50-38-49(46-34-37-66-58(41-46)57-26-12-17-31-65(57)77-66)39-51(40-50)70-72-63-29-15-16-30-64(63)76(70)52-22-8-3-9-23-52/h1-43H. The van der Waals surface area contributed by atoms with Gasteiger partial charge in [0.05, 0.1) is 16.4 Å². The molecule has 0 saturated carbocycles. The van der Waals surface area contributed by atoms with Gasteiger partial charge in [0.25, 0.3) is 0 Å². The van der Waals surface area contributed by atoms with Crippen molar-refractivity contribution in [2.75, 3.05) is 0 Å². The quantitative estimate of drug-likeness (QED) is 0.159. The van der Waals surface area contributed by atoms with Gasteiger partial charge < -0.3 is 4.42 Å². The summed E-state index contributed by atoms with van der Waals surface area (Å²) in [6, 6.07) is 93.1. The number of para-hydroxylation sites is 4. The van der Waals surface area contributed by atoms with Gasteiger partial charge in [0.15, 0.2) is 17.5 Å². The summed E-state index contributed by atoms with van der Waals surface area (Å²) in [5.41, 5.74) is 22.1. The van der Waals surface area contributed by atoms with Gasteiger partial charge in [-0.2, -0.15) is 0 Å². The molecule has 16 rings (SSSR count). The van der Waals surface area contributed by atoms with E-state index in [4.69, 9.17) is 24.4 Å². The predicted molar refractivity (Wildman–Crippen MR) is 311 cm³/mol. The zero-order valence-corrected chi connectivity index (χ0v) is 41.5. The molecule has 6 heteroatoms. The van der Waals surface area contributed by atoms with Gasteiger partial charge in [-0.25, -0.2) is 19.9 Å². The van der Waals surface area contributed by atoms with Crippen LogP contribution in [-0.2, 0) is 5.41 Å². The maximum absolute atomic E-state index is 6.35. The predicted octanol–water partition coefficient (Wildman–Crippen LogP) is 17.5. The number of furan rings is 1. The van der Waals surface area contributed by atoms with E-state index in [1.165, 1.54) is 44.5 Å². The molecule has 3 heterocycles. The topological polar surface area (TPSA) is 69.6 Å². The molecule has 14 aromatic rings. The highest BCUT2D eigenvalue weighted by molar-refractivity contribution is 6.06. The van der Waals surface area contributed by atoms with Crippen LogP contribution in [0.5, 0.6) is 0 Å². The van der Waals surface area contributed by atoms with E-state index < -0.39 is 5.41 Å². The van der Waals surface area contributed by atoms with Crippen LogP contribution in [-0.4, -0.2) is 24.5 Å². The lowest BCUT2D eigenvalue weighted by Gasteiger charge is -2.31. The fourth-order valence-corrected chi connectivity index (χ4v) is 12.4. The summed E-state index contributed by atoms with van der Waals surface area (Å²) in [4.78, 5) is 20.9. The molecule has 1 unspecified atom stereocenters. The first-order chi connectivity index (χ1) is 38.1. The smallest absolute Gasteiger partial charge is 0.164 e. The SMILES string of the molecule is c1ccc(-c2nc(-c3ccccc3)nc(-c3ccc4c(c3)C3(c5ccccc5-c5ccc(-c6cc(-c7ccc8oc9ccccc9c8c7)cc(-c7nc8ccccc8n7-c7ccccc7)c6)cc53)c3ccccc3-4)n2)cc1. The van der Waals surface area contributed by atoms with Gasteiger partial charge in [-0.15, -0.1) is 0 Å². The second kappa shape index (κ2) is 16.9. The number of rotatable bonds is 7. The Labute approximate surface area is 443 Å². The first-order valence-corrected chi connectivity index (χ1v) is 26.1. The number of fused-ring (bicyclic) bond motifs is 14. The van der Waals surface area contributed by atoms with E-state index in [9.17, 15) is 0 Å². The lowest BCUT2D eigenvalue weighted by molar-refractivity contribution is 0.669. The van der Waals surface area contributed by atoms with Gasteiger partial charge >= 0.3 is 0 Å². The molecule has 0 fully saturated rings. The molecule has 6 nitrogen and oxygen atoms in total. The van der Waals surface area contributed by atoms with Gasteiger partial charge in [-0.3, -0.25) is 4.57 Å². The van der Waals surface area contributed by atoms with Crippen LogP contribution in [0.1, 0.15) is 22.3 Å². The summed E-state index contributed by atoms with van der Waals surface area (Å²) < 4.78 is 8.64. The van der Waals surface area contributed by atoms with Gasteiger partial charge in [0, 0.05) is 38.7 Å². The molecule has 2 aliphatic carbocycles. The van der Waals surface area contributed by atoms with Crippen LogP contribution >= 0.6 is 0 Å². The third kappa shape index (κ3) is 6.62. The lowest BCUT2D eigenvalue weighted by Crippen LogP contribution is -2.26. The van der Waals surface area contributed by atoms with Crippen molar-refractivity contribution in [3.8, 4) is 95.7 Å². The zero-order chi connectivity index (χ0) is 50.6. The molecule has 0 saturated heterocycles. The summed E-state index contributed by atoms with van der Waals surface area (Å²) >= 11 is 0. The molecular weight excluding hydrogens is 939 g/mol. The maximum Gasteiger partial charge on any atom is 0.164 e. The van der Waals surface area contributed by atoms with Crippen LogP contribution in [0.15, 0.2) is 265 Å². The first kappa shape index (κ1) is 43.1. The van der Waals surface area contributed by atoms with Crippen molar-refractivity contribution in [3.05, 3.63) is 283 Å². The first-order valence-electron chi connectivity index (χ1n) is 26.1. The Morgan fingerprint density at radius 3 is 1.45 bits per heavy atom. The van der Waals surface area contributed by atoms with Crippen LogP contribution in [0.2, 0.25) is 0 Å². The molecule has 0 bridgehead atoms. The summed E-state index contributed by atoms with van der Waals surface area (Å²) in [6.07, 6.45) is 0. The fourth-order valence-electron chi connectivity index (χ4n) is 12.4. The second-order valence-electron chi connectivity index (χ2n) is 20.1. The maximum atomic E-state index is 6.35. The largest absolute Gasteiger partial charge is 0.456 e. The Hall–Kier alpha value is -10.3. The van der Waals surface area contributed by atoms with Gasteiger partial charge in [-0.1, -0.05) is 188 Å². The van der Waals surface area contributed by atoms with E-state index in [-0.39, 0.29) is 0 Å². The number of hydrogen-bond acceptors (Lipinski definition) is 5. The Morgan fingerprint density at radius 1 is 0.299 bits per heavy atom. The number of aromatic nitrogens is 5. The monoisotopic (exact) mass is 981 g/mol. The van der Waals surface area contributed by atoms with Gasteiger partial charge in [-0.05, 0) is 140 Å². The minimum atomic E-state index is -0.656. The highest BCUT2D eigenvalue weighted by Gasteiger charge is 2.52. The van der Waals surface area contributed by atoms with Crippen LogP contribution in [0, 0.1) is 0 Å². The van der Waals surface area contributed by atoms with E-state index in [0.717, 1.165) is 89.0 Å². The summed E-state index contributed by atoms with van der Waals surface area (Å²) in [7, 11) is 0. The average molecular weight is 982 g/mol. The minimum Gasteiger partial charge on any atom is -0.456 e. The molecule has 11 aromatic carbocycles. The molecule has 358 valence electrons. The van der Waals surface area contributed by atoms with Crippen molar-refractivity contribution in [1.29, 1.82) is 0 Å². The highest BCUT2D eigenvalue weighted by Crippen LogP contribution is 2.63. The average Bonchev–Trinajstić information content (AvgIpc) is 4.44. The molecule has 2 aliphatic rings. The second-order valence-corrected chi connectivity index (χ2v) is 20.1. The van der Waals surface area contributed by atoms with Crippen molar-refractivity contribution in [3.63, 3.8) is 0 Å². The summed E-state index contributed by atoms with van der Waals surface area (Å²) in [5, 5.41) is 2.18. The van der Waals surface area contributed by atoms with Crippen LogP contribution in [0.3, 0.4) is 0 Å². The molecule has 3 aromatic heterocycles. The van der Waals surface area contributed by atoms with E-state index in [1.54, 1.807) is 0 Å². The van der Waals surface area contributed by atoms with Crippen LogP contribution < -0.4 is 0 Å². The highest BCUT2D eigenvalue weighted by atomic mass is 16.3. The van der Waals surface area contributed by atoms with Crippen molar-refractivity contribution < 1.29 is 4.42 Å². The normalized spacial score (nSPS) is 14.0. The molecule has 1 atom stereocenters. The molecule has 0 N–H and O–H groups in total. The van der Waals surface area contributed by atoms with E-state index in [0.29, 0.717) is 17.5 Å². The molecule has 77 heavy (non-hydrogen) atoms. The fraction of sp³-hybridized carbons (Fsp3) is 0.0141. The van der Waals surface area contributed by atoms with Gasteiger partial charge in [0.2, 0.25) is 0 Å². The Bertz CT molecular complexity index is 4620.